The van der Waals surface area contributed by atoms with Crippen LogP contribution in [0.5, 0.6) is 0 Å². The van der Waals surface area contributed by atoms with Gasteiger partial charge in [-0.15, -0.1) is 16.4 Å². The van der Waals surface area contributed by atoms with Crippen molar-refractivity contribution in [2.45, 2.75) is 23.1 Å². The molecule has 1 aliphatic rings. The van der Waals surface area contributed by atoms with Gasteiger partial charge in [0.15, 0.2) is 0 Å². The van der Waals surface area contributed by atoms with Gasteiger partial charge in [-0.3, -0.25) is 10.1 Å². The molecule has 3 aromatic rings. The molecule has 0 unspecified atom stereocenters. The van der Waals surface area contributed by atoms with Crippen molar-refractivity contribution in [2.24, 2.45) is 0 Å². The van der Waals surface area contributed by atoms with Gasteiger partial charge in [0.1, 0.15) is 10.3 Å². The molecule has 1 N–H and O–H groups in total. The largest absolute Gasteiger partial charge is 0.400 e. The number of nitrogens with zero attached hydrogens (tertiary/aromatic N) is 4. The van der Waals surface area contributed by atoms with Gasteiger partial charge < -0.3 is 8.94 Å². The van der Waals surface area contributed by atoms with E-state index in [4.69, 9.17) is 20.5 Å². The Balaban J connectivity index is 1.51. The number of halogens is 1. The lowest BCUT2D eigenvalue weighted by atomic mass is 10.2. The van der Waals surface area contributed by atoms with Crippen molar-refractivity contribution < 1.29 is 22.2 Å². The molecule has 1 atom stereocenters. The Morgan fingerprint density at radius 2 is 2.19 bits per heavy atom. The zero-order valence-electron chi connectivity index (χ0n) is 13.5. The van der Waals surface area contributed by atoms with Crippen molar-refractivity contribution in [1.29, 1.82) is 0 Å². The van der Waals surface area contributed by atoms with E-state index in [9.17, 15) is 13.2 Å². The molecule has 4 heterocycles. The second-order valence-corrected chi connectivity index (χ2v) is 9.44. The van der Waals surface area contributed by atoms with Crippen molar-refractivity contribution in [3.63, 3.8) is 0 Å². The van der Waals surface area contributed by atoms with Crippen LogP contribution in [0.3, 0.4) is 0 Å². The molecule has 4 rings (SSSR count). The minimum atomic E-state index is -3.82. The SMILES string of the molecule is O=C(Nc1nnc(-c2ccno2)o1)[C@H]1CCCN1S(=O)(=O)c1ccc(Cl)s1. The molecule has 1 saturated heterocycles. The number of anilines is 1. The number of hydrogen-bond donors (Lipinski definition) is 1. The Morgan fingerprint density at radius 1 is 1.33 bits per heavy atom. The maximum absolute atomic E-state index is 12.8. The second-order valence-electron chi connectivity index (χ2n) is 5.61. The van der Waals surface area contributed by atoms with Crippen LogP contribution in [-0.2, 0) is 14.8 Å². The molecule has 0 aromatic carbocycles. The van der Waals surface area contributed by atoms with E-state index in [0.29, 0.717) is 17.2 Å². The number of carbonyl (C=O) groups excluding carboxylic acids is 1. The first-order valence-corrected chi connectivity index (χ1v) is 10.4. The summed E-state index contributed by atoms with van der Waals surface area (Å²) in [5.74, 6) is -0.249. The summed E-state index contributed by atoms with van der Waals surface area (Å²) >= 11 is 6.79. The highest BCUT2D eigenvalue weighted by atomic mass is 35.5. The van der Waals surface area contributed by atoms with Gasteiger partial charge in [-0.2, -0.15) is 4.31 Å². The smallest absolute Gasteiger partial charge is 0.322 e. The first kappa shape index (κ1) is 18.1. The minimum Gasteiger partial charge on any atom is -0.400 e. The van der Waals surface area contributed by atoms with Crippen LogP contribution in [0.4, 0.5) is 6.01 Å². The van der Waals surface area contributed by atoms with Gasteiger partial charge >= 0.3 is 6.01 Å². The van der Waals surface area contributed by atoms with Gasteiger partial charge in [0.2, 0.25) is 11.7 Å². The van der Waals surface area contributed by atoms with Crippen LogP contribution in [-0.4, -0.2) is 46.6 Å². The molecule has 13 heteroatoms. The highest BCUT2D eigenvalue weighted by Gasteiger charge is 2.40. The molecule has 27 heavy (non-hydrogen) atoms. The molecule has 0 spiro atoms. The summed E-state index contributed by atoms with van der Waals surface area (Å²) in [7, 11) is -3.82. The lowest BCUT2D eigenvalue weighted by Crippen LogP contribution is -2.42. The Morgan fingerprint density at radius 3 is 2.89 bits per heavy atom. The number of hydrogen-bond acceptors (Lipinski definition) is 9. The summed E-state index contributed by atoms with van der Waals surface area (Å²) in [5.41, 5.74) is 0. The molecule has 10 nitrogen and oxygen atoms in total. The topological polar surface area (TPSA) is 131 Å². The zero-order chi connectivity index (χ0) is 19.0. The van der Waals surface area contributed by atoms with Crippen LogP contribution >= 0.6 is 22.9 Å². The number of rotatable bonds is 5. The predicted molar refractivity (Wildman–Crippen MR) is 94.7 cm³/mol. The van der Waals surface area contributed by atoms with E-state index in [2.05, 4.69) is 20.7 Å². The summed E-state index contributed by atoms with van der Waals surface area (Å²) in [4.78, 5) is 12.6. The third kappa shape index (κ3) is 3.48. The van der Waals surface area contributed by atoms with Crippen LogP contribution < -0.4 is 5.32 Å². The van der Waals surface area contributed by atoms with Crippen LogP contribution in [0.2, 0.25) is 4.34 Å². The summed E-state index contributed by atoms with van der Waals surface area (Å²) < 4.78 is 37.4. The molecule has 1 fully saturated rings. The molecular weight excluding hydrogens is 418 g/mol. The van der Waals surface area contributed by atoms with Crippen LogP contribution in [0.1, 0.15) is 12.8 Å². The maximum atomic E-state index is 12.8. The number of sulfonamides is 1. The third-order valence-electron chi connectivity index (χ3n) is 3.92. The van der Waals surface area contributed by atoms with Gasteiger partial charge in [0.05, 0.1) is 10.5 Å². The first-order valence-electron chi connectivity index (χ1n) is 7.78. The maximum Gasteiger partial charge on any atom is 0.322 e. The minimum absolute atomic E-state index is 0.0481. The number of nitrogens with one attached hydrogen (secondary N) is 1. The molecule has 0 saturated carbocycles. The number of carbonyl (C=O) groups is 1. The molecule has 1 aliphatic heterocycles. The third-order valence-corrected chi connectivity index (χ3v) is 7.53. The highest BCUT2D eigenvalue weighted by Crippen LogP contribution is 2.32. The average molecular weight is 430 g/mol. The van der Waals surface area contributed by atoms with E-state index in [1.807, 2.05) is 0 Å². The summed E-state index contributed by atoms with van der Waals surface area (Å²) in [6.07, 6.45) is 2.35. The van der Waals surface area contributed by atoms with Crippen molar-refractivity contribution in [3.8, 4) is 11.7 Å². The highest BCUT2D eigenvalue weighted by molar-refractivity contribution is 7.91. The van der Waals surface area contributed by atoms with Crippen LogP contribution in [0.15, 0.2) is 37.5 Å². The lowest BCUT2D eigenvalue weighted by Gasteiger charge is -2.21. The number of amides is 1. The van der Waals surface area contributed by atoms with Gasteiger partial charge in [-0.1, -0.05) is 21.9 Å². The quantitative estimate of drug-likeness (QED) is 0.653. The lowest BCUT2D eigenvalue weighted by molar-refractivity contribution is -0.119. The standard InChI is InChI=1S/C14H12ClN5O5S2/c15-10-3-4-11(26-10)27(22,23)20-7-1-2-8(20)12(21)17-14-19-18-13(24-14)9-5-6-16-25-9/h3-6,8H,1-2,7H2,(H,17,19,21)/t8-/m1/s1. The zero-order valence-corrected chi connectivity index (χ0v) is 15.9. The fourth-order valence-electron chi connectivity index (χ4n) is 2.73. The van der Waals surface area contributed by atoms with Gasteiger partial charge in [0.25, 0.3) is 15.9 Å². The van der Waals surface area contributed by atoms with Crippen LogP contribution in [0, 0.1) is 0 Å². The normalized spacial score (nSPS) is 18.0. The Bertz CT molecular complexity index is 1060. The van der Waals surface area contributed by atoms with Gasteiger partial charge in [-0.25, -0.2) is 8.42 Å². The van der Waals surface area contributed by atoms with E-state index >= 15 is 0 Å². The summed E-state index contributed by atoms with van der Waals surface area (Å²) in [6, 6.07) is 3.42. The monoisotopic (exact) mass is 429 g/mol. The van der Waals surface area contributed by atoms with Crippen molar-refractivity contribution in [3.05, 3.63) is 28.7 Å². The fourth-order valence-corrected chi connectivity index (χ4v) is 6.00. The molecule has 0 aliphatic carbocycles. The molecule has 3 aromatic heterocycles. The molecule has 142 valence electrons. The molecule has 0 radical (unpaired) electrons. The summed E-state index contributed by atoms with van der Waals surface area (Å²) in [6.45, 7) is 0.239. The van der Waals surface area contributed by atoms with Gasteiger partial charge in [0, 0.05) is 12.6 Å². The van der Waals surface area contributed by atoms with E-state index in [1.54, 1.807) is 0 Å². The second kappa shape index (κ2) is 7.03. The van der Waals surface area contributed by atoms with Crippen molar-refractivity contribution in [1.82, 2.24) is 19.7 Å². The van der Waals surface area contributed by atoms with Crippen molar-refractivity contribution in [2.75, 3.05) is 11.9 Å². The Labute approximate surface area is 162 Å². The first-order chi connectivity index (χ1) is 12.9. The van der Waals surface area contributed by atoms with E-state index in [1.165, 1.54) is 24.4 Å². The Kier molecular flexibility index (Phi) is 4.72. The van der Waals surface area contributed by atoms with E-state index in [0.717, 1.165) is 15.6 Å². The molecule has 0 bridgehead atoms. The molecular formula is C14H12ClN5O5S2. The predicted octanol–water partition coefficient (Wildman–Crippen LogP) is 2.23. The Hall–Kier alpha value is -2.28. The van der Waals surface area contributed by atoms with Crippen LogP contribution in [0.25, 0.3) is 11.7 Å². The number of aromatic nitrogens is 3. The average Bonchev–Trinajstić information content (AvgIpc) is 3.40. The van der Waals surface area contributed by atoms with Gasteiger partial charge in [-0.05, 0) is 25.0 Å². The van der Waals surface area contributed by atoms with Crippen molar-refractivity contribution >= 4 is 44.9 Å². The van der Waals surface area contributed by atoms with E-state index < -0.39 is 22.0 Å². The molecule has 1 amide bonds. The fraction of sp³-hybridized carbons (Fsp3) is 0.286. The summed E-state index contributed by atoms with van der Waals surface area (Å²) in [5, 5.41) is 13.4. The van der Waals surface area contributed by atoms with E-state index in [-0.39, 0.29) is 28.4 Å². The number of thiophene rings is 1.